The molecular formula is C23H23NO3. The number of carbonyl (C=O) groups is 1. The van der Waals surface area contributed by atoms with E-state index in [9.17, 15) is 4.79 Å². The molecule has 0 fully saturated rings. The van der Waals surface area contributed by atoms with Gasteiger partial charge in [-0.3, -0.25) is 4.79 Å². The van der Waals surface area contributed by atoms with Crippen LogP contribution in [0.5, 0.6) is 5.75 Å². The monoisotopic (exact) mass is 361 g/mol. The largest absolute Gasteiger partial charge is 0.497 e. The summed E-state index contributed by atoms with van der Waals surface area (Å²) in [6.45, 7) is 0.474. The lowest BCUT2D eigenvalue weighted by Crippen LogP contribution is -2.29. The van der Waals surface area contributed by atoms with Crippen molar-refractivity contribution in [3.63, 3.8) is 0 Å². The van der Waals surface area contributed by atoms with E-state index in [-0.39, 0.29) is 11.9 Å². The van der Waals surface area contributed by atoms with Gasteiger partial charge < -0.3 is 14.8 Å². The molecule has 1 unspecified atom stereocenters. The normalized spacial score (nSPS) is 11.6. The Balaban J connectivity index is 1.89. The van der Waals surface area contributed by atoms with Gasteiger partial charge in [-0.25, -0.2) is 0 Å². The van der Waals surface area contributed by atoms with E-state index < -0.39 is 0 Å². The number of carbonyl (C=O) groups excluding carboxylic acids is 1. The lowest BCUT2D eigenvalue weighted by molar-refractivity contribution is 0.0942. The molecule has 4 heteroatoms. The number of nitrogens with one attached hydrogen (secondary N) is 1. The van der Waals surface area contributed by atoms with Crippen LogP contribution in [0.25, 0.3) is 0 Å². The zero-order valence-corrected chi connectivity index (χ0v) is 15.5. The molecule has 0 heterocycles. The predicted octanol–water partition coefficient (Wildman–Crippen LogP) is 4.36. The fourth-order valence-corrected chi connectivity index (χ4v) is 2.98. The highest BCUT2D eigenvalue weighted by atomic mass is 16.5. The molecule has 1 atom stereocenters. The molecule has 0 spiro atoms. The molecule has 3 aromatic carbocycles. The minimum Gasteiger partial charge on any atom is -0.497 e. The van der Waals surface area contributed by atoms with Crippen molar-refractivity contribution in [2.75, 3.05) is 14.2 Å². The summed E-state index contributed by atoms with van der Waals surface area (Å²) in [5.74, 6) is 0.654. The number of amides is 1. The van der Waals surface area contributed by atoms with Gasteiger partial charge in [0.1, 0.15) is 5.75 Å². The van der Waals surface area contributed by atoms with Crippen molar-refractivity contribution in [3.05, 3.63) is 101 Å². The third-order valence-electron chi connectivity index (χ3n) is 4.36. The van der Waals surface area contributed by atoms with Gasteiger partial charge in [-0.15, -0.1) is 0 Å². The van der Waals surface area contributed by atoms with Gasteiger partial charge in [0.25, 0.3) is 5.91 Å². The van der Waals surface area contributed by atoms with Crippen LogP contribution in [0, 0.1) is 0 Å². The summed E-state index contributed by atoms with van der Waals surface area (Å²) in [6.07, 6.45) is 0. The maximum Gasteiger partial charge on any atom is 0.252 e. The number of hydrogen-bond donors (Lipinski definition) is 1. The Bertz CT molecular complexity index is 876. The Labute approximate surface area is 159 Å². The molecule has 1 amide bonds. The van der Waals surface area contributed by atoms with Crippen molar-refractivity contribution >= 4 is 5.91 Å². The summed E-state index contributed by atoms with van der Waals surface area (Å²) in [7, 11) is 3.28. The minimum absolute atomic E-state index is 0.127. The molecule has 0 bridgehead atoms. The first-order chi connectivity index (χ1) is 13.2. The van der Waals surface area contributed by atoms with Crippen LogP contribution in [0.4, 0.5) is 0 Å². The topological polar surface area (TPSA) is 47.6 Å². The third-order valence-corrected chi connectivity index (χ3v) is 4.36. The molecule has 0 radical (unpaired) electrons. The zero-order chi connectivity index (χ0) is 19.1. The fourth-order valence-electron chi connectivity index (χ4n) is 2.98. The van der Waals surface area contributed by atoms with Gasteiger partial charge in [0, 0.05) is 12.7 Å². The Kier molecular flexibility index (Phi) is 6.23. The van der Waals surface area contributed by atoms with Crippen LogP contribution in [0.2, 0.25) is 0 Å². The van der Waals surface area contributed by atoms with E-state index in [4.69, 9.17) is 9.47 Å². The first-order valence-electron chi connectivity index (χ1n) is 8.79. The van der Waals surface area contributed by atoms with Crippen LogP contribution in [0.1, 0.15) is 33.1 Å². The molecule has 3 aromatic rings. The fraction of sp³-hybridized carbons (Fsp3) is 0.174. The van der Waals surface area contributed by atoms with Crippen molar-refractivity contribution in [2.45, 2.75) is 12.6 Å². The average molecular weight is 361 g/mol. The van der Waals surface area contributed by atoms with Gasteiger partial charge >= 0.3 is 0 Å². The molecule has 0 aromatic heterocycles. The third kappa shape index (κ3) is 4.74. The van der Waals surface area contributed by atoms with E-state index in [2.05, 4.69) is 5.32 Å². The standard InChI is InChI=1S/C23H23NO3/c1-26-16-17-7-6-10-20(15-17)23(25)24-22(18-8-4-3-5-9-18)19-11-13-21(27-2)14-12-19/h3-15,22H,16H2,1-2H3,(H,24,25). The quantitative estimate of drug-likeness (QED) is 0.680. The number of benzene rings is 3. The van der Waals surface area contributed by atoms with Crippen LogP contribution in [-0.4, -0.2) is 20.1 Å². The molecule has 138 valence electrons. The van der Waals surface area contributed by atoms with Gasteiger partial charge in [-0.2, -0.15) is 0 Å². The van der Waals surface area contributed by atoms with Crippen LogP contribution in [0.15, 0.2) is 78.9 Å². The maximum atomic E-state index is 12.9. The van der Waals surface area contributed by atoms with E-state index in [0.29, 0.717) is 12.2 Å². The Morgan fingerprint density at radius 3 is 2.26 bits per heavy atom. The van der Waals surface area contributed by atoms with Crippen molar-refractivity contribution in [2.24, 2.45) is 0 Å². The van der Waals surface area contributed by atoms with Crippen molar-refractivity contribution < 1.29 is 14.3 Å². The van der Waals surface area contributed by atoms with E-state index in [1.165, 1.54) is 0 Å². The summed E-state index contributed by atoms with van der Waals surface area (Å²) in [6, 6.07) is 24.9. The van der Waals surface area contributed by atoms with Crippen LogP contribution in [-0.2, 0) is 11.3 Å². The highest BCUT2D eigenvalue weighted by Gasteiger charge is 2.18. The van der Waals surface area contributed by atoms with Gasteiger partial charge in [0.2, 0.25) is 0 Å². The second kappa shape index (κ2) is 9.01. The summed E-state index contributed by atoms with van der Waals surface area (Å²) in [5, 5.41) is 3.15. The first-order valence-corrected chi connectivity index (χ1v) is 8.79. The first kappa shape index (κ1) is 18.7. The Hall–Kier alpha value is -3.11. The SMILES string of the molecule is COCc1cccc(C(=O)NC(c2ccccc2)c2ccc(OC)cc2)c1. The van der Waals surface area contributed by atoms with E-state index in [1.54, 1.807) is 14.2 Å². The second-order valence-corrected chi connectivity index (χ2v) is 6.22. The predicted molar refractivity (Wildman–Crippen MR) is 106 cm³/mol. The Morgan fingerprint density at radius 1 is 0.889 bits per heavy atom. The van der Waals surface area contributed by atoms with E-state index in [1.807, 2.05) is 78.9 Å². The summed E-state index contributed by atoms with van der Waals surface area (Å²) < 4.78 is 10.4. The number of ether oxygens (including phenoxy) is 2. The van der Waals surface area contributed by atoms with Crippen molar-refractivity contribution in [3.8, 4) is 5.75 Å². The van der Waals surface area contributed by atoms with Gasteiger partial charge in [0.15, 0.2) is 0 Å². The molecule has 1 N–H and O–H groups in total. The molecule has 0 saturated carbocycles. The summed E-state index contributed by atoms with van der Waals surface area (Å²) in [4.78, 5) is 12.9. The molecule has 3 rings (SSSR count). The highest BCUT2D eigenvalue weighted by molar-refractivity contribution is 5.94. The van der Waals surface area contributed by atoms with Crippen LogP contribution in [0.3, 0.4) is 0 Å². The molecule has 4 nitrogen and oxygen atoms in total. The summed E-state index contributed by atoms with van der Waals surface area (Å²) in [5.41, 5.74) is 3.58. The molecule has 0 saturated heterocycles. The van der Waals surface area contributed by atoms with Gasteiger partial charge in [-0.1, -0.05) is 54.6 Å². The average Bonchev–Trinajstić information content (AvgIpc) is 2.73. The summed E-state index contributed by atoms with van der Waals surface area (Å²) >= 11 is 0. The van der Waals surface area contributed by atoms with Crippen LogP contribution < -0.4 is 10.1 Å². The van der Waals surface area contributed by atoms with Gasteiger partial charge in [0.05, 0.1) is 19.8 Å². The highest BCUT2D eigenvalue weighted by Crippen LogP contribution is 2.24. The number of methoxy groups -OCH3 is 2. The van der Waals surface area contributed by atoms with E-state index in [0.717, 1.165) is 22.4 Å². The van der Waals surface area contributed by atoms with E-state index >= 15 is 0 Å². The smallest absolute Gasteiger partial charge is 0.252 e. The Morgan fingerprint density at radius 2 is 1.59 bits per heavy atom. The van der Waals surface area contributed by atoms with Crippen LogP contribution >= 0.6 is 0 Å². The molecule has 0 aliphatic carbocycles. The van der Waals surface area contributed by atoms with Gasteiger partial charge in [-0.05, 0) is 41.0 Å². The molecular weight excluding hydrogens is 338 g/mol. The maximum absolute atomic E-state index is 12.9. The number of hydrogen-bond acceptors (Lipinski definition) is 3. The zero-order valence-electron chi connectivity index (χ0n) is 15.5. The number of rotatable bonds is 7. The second-order valence-electron chi connectivity index (χ2n) is 6.22. The lowest BCUT2D eigenvalue weighted by atomic mass is 9.98. The minimum atomic E-state index is -0.254. The van der Waals surface area contributed by atoms with Crippen molar-refractivity contribution in [1.82, 2.24) is 5.32 Å². The molecule has 0 aliphatic rings. The molecule has 0 aliphatic heterocycles. The van der Waals surface area contributed by atoms with Crippen molar-refractivity contribution in [1.29, 1.82) is 0 Å². The lowest BCUT2D eigenvalue weighted by Gasteiger charge is -2.20. The molecule has 27 heavy (non-hydrogen) atoms.